The number of imidazole rings is 1. The van der Waals surface area contributed by atoms with Gasteiger partial charge in [0.15, 0.2) is 0 Å². The summed E-state index contributed by atoms with van der Waals surface area (Å²) in [5.41, 5.74) is 2.03. The van der Waals surface area contributed by atoms with Crippen LogP contribution in [0.2, 0.25) is 5.02 Å². The number of aromatic nitrogens is 2. The average Bonchev–Trinajstić information content (AvgIpc) is 3.05. The molecule has 0 bridgehead atoms. The van der Waals surface area contributed by atoms with Crippen molar-refractivity contribution in [3.63, 3.8) is 0 Å². The fourth-order valence-electron chi connectivity index (χ4n) is 2.13. The number of carbonyl (C=O) groups is 1. The van der Waals surface area contributed by atoms with Crippen molar-refractivity contribution in [1.82, 2.24) is 9.55 Å². The van der Waals surface area contributed by atoms with Gasteiger partial charge in [-0.15, -0.1) is 0 Å². The molecule has 3 rings (SSSR count). The summed E-state index contributed by atoms with van der Waals surface area (Å²) in [4.78, 5) is 15.5. The van der Waals surface area contributed by atoms with E-state index in [1.807, 2.05) is 24.3 Å². The SMILES string of the molecule is O=C(O)c1cc(Cl)c(-n2ccnc2)cc1Nc1ccc(I)cc1. The first-order chi connectivity index (χ1) is 11.0. The van der Waals surface area contributed by atoms with Gasteiger partial charge < -0.3 is 15.0 Å². The topological polar surface area (TPSA) is 67.1 Å². The summed E-state index contributed by atoms with van der Waals surface area (Å²) in [6, 6.07) is 10.8. The molecule has 1 aromatic heterocycles. The number of halogens is 2. The van der Waals surface area contributed by atoms with Crippen LogP contribution in [0.4, 0.5) is 11.4 Å². The van der Waals surface area contributed by atoms with Gasteiger partial charge >= 0.3 is 5.97 Å². The van der Waals surface area contributed by atoms with Crippen molar-refractivity contribution in [3.05, 3.63) is 69.3 Å². The first kappa shape index (κ1) is 15.8. The molecule has 0 fully saturated rings. The van der Waals surface area contributed by atoms with Gasteiger partial charge in [0, 0.05) is 21.7 Å². The number of anilines is 2. The van der Waals surface area contributed by atoms with Crippen LogP contribution in [0, 0.1) is 3.57 Å². The van der Waals surface area contributed by atoms with E-state index in [1.165, 1.54) is 6.07 Å². The number of hydrogen-bond donors (Lipinski definition) is 2. The normalized spacial score (nSPS) is 10.5. The number of hydrogen-bond acceptors (Lipinski definition) is 3. The Morgan fingerprint density at radius 1 is 1.26 bits per heavy atom. The molecule has 23 heavy (non-hydrogen) atoms. The van der Waals surface area contributed by atoms with Crippen LogP contribution in [0.5, 0.6) is 0 Å². The summed E-state index contributed by atoms with van der Waals surface area (Å²) in [5.74, 6) is -1.04. The van der Waals surface area contributed by atoms with Gasteiger partial charge in [0.25, 0.3) is 0 Å². The number of carboxylic acids is 1. The molecule has 0 saturated heterocycles. The van der Waals surface area contributed by atoms with E-state index in [-0.39, 0.29) is 5.56 Å². The van der Waals surface area contributed by atoms with E-state index in [1.54, 1.807) is 29.4 Å². The number of carboxylic acid groups (broad SMARTS) is 1. The Bertz CT molecular complexity index is 849. The minimum absolute atomic E-state index is 0.109. The highest BCUT2D eigenvalue weighted by Gasteiger charge is 2.15. The zero-order valence-corrected chi connectivity index (χ0v) is 14.6. The lowest BCUT2D eigenvalue weighted by Gasteiger charge is -2.14. The lowest BCUT2D eigenvalue weighted by Crippen LogP contribution is -2.05. The molecule has 2 aromatic carbocycles. The zero-order chi connectivity index (χ0) is 16.4. The Kier molecular flexibility index (Phi) is 4.53. The third kappa shape index (κ3) is 3.48. The molecule has 0 amide bonds. The molecule has 0 aliphatic rings. The molecular formula is C16H11ClIN3O2. The predicted molar refractivity (Wildman–Crippen MR) is 98.0 cm³/mol. The summed E-state index contributed by atoms with van der Waals surface area (Å²) < 4.78 is 2.83. The number of nitrogens with zero attached hydrogens (tertiary/aromatic N) is 2. The Labute approximate surface area is 151 Å². The maximum atomic E-state index is 11.5. The molecule has 3 aromatic rings. The fourth-order valence-corrected chi connectivity index (χ4v) is 2.75. The van der Waals surface area contributed by atoms with E-state index in [2.05, 4.69) is 32.9 Å². The maximum Gasteiger partial charge on any atom is 0.337 e. The monoisotopic (exact) mass is 439 g/mol. The first-order valence-corrected chi connectivity index (χ1v) is 8.08. The quantitative estimate of drug-likeness (QED) is 0.584. The van der Waals surface area contributed by atoms with E-state index in [0.29, 0.717) is 16.4 Å². The Morgan fingerprint density at radius 2 is 2.00 bits per heavy atom. The van der Waals surface area contributed by atoms with Gasteiger partial charge in [-0.05, 0) is 59.0 Å². The molecule has 2 N–H and O–H groups in total. The second-order valence-electron chi connectivity index (χ2n) is 4.76. The van der Waals surface area contributed by atoms with Gasteiger partial charge in [-0.3, -0.25) is 0 Å². The molecule has 0 radical (unpaired) electrons. The molecule has 0 atom stereocenters. The van der Waals surface area contributed by atoms with Crippen LogP contribution in [0.25, 0.3) is 5.69 Å². The van der Waals surface area contributed by atoms with Crippen LogP contribution in [0.15, 0.2) is 55.1 Å². The average molecular weight is 440 g/mol. The number of benzene rings is 2. The van der Waals surface area contributed by atoms with E-state index in [4.69, 9.17) is 11.6 Å². The van der Waals surface area contributed by atoms with E-state index < -0.39 is 5.97 Å². The Morgan fingerprint density at radius 3 is 2.61 bits per heavy atom. The van der Waals surface area contributed by atoms with Gasteiger partial charge in [-0.25, -0.2) is 9.78 Å². The molecule has 7 heteroatoms. The van der Waals surface area contributed by atoms with Crippen LogP contribution >= 0.6 is 34.2 Å². The predicted octanol–water partition coefficient (Wildman–Crippen LogP) is 4.57. The molecule has 1 heterocycles. The van der Waals surface area contributed by atoms with Gasteiger partial charge in [0.05, 0.1) is 28.3 Å². The van der Waals surface area contributed by atoms with Crippen molar-refractivity contribution in [2.24, 2.45) is 0 Å². The van der Waals surface area contributed by atoms with Gasteiger partial charge in [0.1, 0.15) is 0 Å². The van der Waals surface area contributed by atoms with Crippen molar-refractivity contribution >= 4 is 51.5 Å². The highest BCUT2D eigenvalue weighted by atomic mass is 127. The molecular weight excluding hydrogens is 429 g/mol. The van der Waals surface area contributed by atoms with Crippen LogP contribution in [-0.2, 0) is 0 Å². The van der Waals surface area contributed by atoms with Crippen molar-refractivity contribution in [2.45, 2.75) is 0 Å². The maximum absolute atomic E-state index is 11.5. The van der Waals surface area contributed by atoms with Crippen LogP contribution in [0.1, 0.15) is 10.4 Å². The van der Waals surface area contributed by atoms with E-state index in [0.717, 1.165) is 9.26 Å². The highest BCUT2D eigenvalue weighted by molar-refractivity contribution is 14.1. The summed E-state index contributed by atoms with van der Waals surface area (Å²) in [7, 11) is 0. The highest BCUT2D eigenvalue weighted by Crippen LogP contribution is 2.30. The smallest absolute Gasteiger partial charge is 0.337 e. The Balaban J connectivity index is 2.07. The molecule has 116 valence electrons. The van der Waals surface area contributed by atoms with Gasteiger partial charge in [0.2, 0.25) is 0 Å². The second kappa shape index (κ2) is 6.59. The molecule has 0 unspecified atom stereocenters. The summed E-state index contributed by atoms with van der Waals surface area (Å²) >= 11 is 8.43. The molecule has 0 aliphatic heterocycles. The fraction of sp³-hybridized carbons (Fsp3) is 0. The Hall–Kier alpha value is -2.06. The van der Waals surface area contributed by atoms with Crippen molar-refractivity contribution in [1.29, 1.82) is 0 Å². The molecule has 0 spiro atoms. The molecule has 5 nitrogen and oxygen atoms in total. The standard InChI is InChI=1S/C16H11ClIN3O2/c17-13-7-12(16(22)23)14(8-15(13)21-6-5-19-9-21)20-11-3-1-10(18)2-4-11/h1-9,20H,(H,22,23). The van der Waals surface area contributed by atoms with Crippen LogP contribution < -0.4 is 5.32 Å². The van der Waals surface area contributed by atoms with Gasteiger partial charge in [-0.1, -0.05) is 11.6 Å². The molecule has 0 saturated carbocycles. The largest absolute Gasteiger partial charge is 0.478 e. The van der Waals surface area contributed by atoms with Crippen LogP contribution in [0.3, 0.4) is 0 Å². The number of aromatic carboxylic acids is 1. The van der Waals surface area contributed by atoms with E-state index >= 15 is 0 Å². The lowest BCUT2D eigenvalue weighted by molar-refractivity contribution is 0.0698. The number of nitrogens with one attached hydrogen (secondary N) is 1. The first-order valence-electron chi connectivity index (χ1n) is 6.62. The third-order valence-corrected chi connectivity index (χ3v) is 4.25. The summed E-state index contributed by atoms with van der Waals surface area (Å²) in [6.45, 7) is 0. The second-order valence-corrected chi connectivity index (χ2v) is 6.41. The lowest BCUT2D eigenvalue weighted by atomic mass is 10.1. The van der Waals surface area contributed by atoms with Gasteiger partial charge in [-0.2, -0.15) is 0 Å². The summed E-state index contributed by atoms with van der Waals surface area (Å²) in [5, 5.41) is 12.9. The zero-order valence-electron chi connectivity index (χ0n) is 11.7. The minimum atomic E-state index is -1.04. The molecule has 0 aliphatic carbocycles. The van der Waals surface area contributed by atoms with Crippen molar-refractivity contribution < 1.29 is 9.90 Å². The van der Waals surface area contributed by atoms with E-state index in [9.17, 15) is 9.90 Å². The summed E-state index contributed by atoms with van der Waals surface area (Å²) in [6.07, 6.45) is 4.99. The minimum Gasteiger partial charge on any atom is -0.478 e. The van der Waals surface area contributed by atoms with Crippen LogP contribution in [-0.4, -0.2) is 20.6 Å². The van der Waals surface area contributed by atoms with Crippen molar-refractivity contribution in [3.8, 4) is 5.69 Å². The van der Waals surface area contributed by atoms with Crippen molar-refractivity contribution in [2.75, 3.05) is 5.32 Å². The third-order valence-electron chi connectivity index (χ3n) is 3.22. The number of rotatable bonds is 4.